The molecule has 0 aliphatic rings. The van der Waals surface area contributed by atoms with Crippen LogP contribution in [-0.4, -0.2) is 16.8 Å². The van der Waals surface area contributed by atoms with Crippen LogP contribution in [0.4, 0.5) is 0 Å². The average molecular weight is 172 g/mol. The zero-order valence-electron chi connectivity index (χ0n) is 6.45. The Morgan fingerprint density at radius 3 is 2.82 bits per heavy atom. The molecule has 0 amide bonds. The van der Waals surface area contributed by atoms with E-state index in [9.17, 15) is 5.11 Å². The quantitative estimate of drug-likeness (QED) is 0.722. The minimum atomic E-state index is -0.858. The zero-order valence-corrected chi connectivity index (χ0v) is 7.27. The predicted octanol–water partition coefficient (Wildman–Crippen LogP) is 1.34. The second-order valence-corrected chi connectivity index (χ2v) is 3.67. The highest BCUT2D eigenvalue weighted by atomic mass is 32.1. The van der Waals surface area contributed by atoms with Gasteiger partial charge in [-0.25, -0.2) is 0 Å². The molecule has 2 nitrogen and oxygen atoms in total. The molecule has 0 bridgehead atoms. The summed E-state index contributed by atoms with van der Waals surface area (Å²) < 4.78 is 0. The van der Waals surface area contributed by atoms with Gasteiger partial charge >= 0.3 is 0 Å². The summed E-state index contributed by atoms with van der Waals surface area (Å²) >= 11 is 1.51. The van der Waals surface area contributed by atoms with Gasteiger partial charge in [-0.15, -0.1) is 11.3 Å². The molecule has 0 radical (unpaired) electrons. The molecule has 0 spiro atoms. The van der Waals surface area contributed by atoms with Crippen LogP contribution in [0.1, 0.15) is 18.2 Å². The van der Waals surface area contributed by atoms with Crippen LogP contribution in [0, 0.1) is 0 Å². The summed E-state index contributed by atoms with van der Waals surface area (Å²) in [5.41, 5.74) is -0.858. The molecule has 3 heteroatoms. The van der Waals surface area contributed by atoms with Gasteiger partial charge < -0.3 is 10.2 Å². The predicted molar refractivity (Wildman–Crippen MR) is 45.6 cm³/mol. The molecule has 1 aromatic rings. The van der Waals surface area contributed by atoms with Crippen molar-refractivity contribution < 1.29 is 10.2 Å². The summed E-state index contributed by atoms with van der Waals surface area (Å²) in [7, 11) is 0. The van der Waals surface area contributed by atoms with E-state index in [1.807, 2.05) is 17.5 Å². The van der Waals surface area contributed by atoms with Gasteiger partial charge in [0.05, 0.1) is 5.60 Å². The topological polar surface area (TPSA) is 40.5 Å². The number of thiophene rings is 1. The Morgan fingerprint density at radius 1 is 1.64 bits per heavy atom. The fraction of sp³-hybridized carbons (Fsp3) is 0.500. The fourth-order valence-electron chi connectivity index (χ4n) is 0.926. The van der Waals surface area contributed by atoms with Crippen LogP contribution < -0.4 is 0 Å². The lowest BCUT2D eigenvalue weighted by molar-refractivity contribution is 0.0333. The van der Waals surface area contributed by atoms with E-state index < -0.39 is 5.60 Å². The first-order valence-corrected chi connectivity index (χ1v) is 4.42. The molecule has 2 N–H and O–H groups in total. The molecular weight excluding hydrogens is 160 g/mol. The standard InChI is InChI=1S/C8H12O2S/c1-8(10,4-5-9)7-3-2-6-11-7/h2-3,6,9-10H,4-5H2,1H3/t8-/m0/s1. The Balaban J connectivity index is 2.73. The number of aliphatic hydroxyl groups is 2. The minimum Gasteiger partial charge on any atom is -0.396 e. The average Bonchev–Trinajstić information content (AvgIpc) is 2.37. The van der Waals surface area contributed by atoms with Crippen molar-refractivity contribution in [1.29, 1.82) is 0 Å². The summed E-state index contributed by atoms with van der Waals surface area (Å²) in [6.45, 7) is 1.74. The lowest BCUT2D eigenvalue weighted by atomic mass is 10.0. The van der Waals surface area contributed by atoms with Gasteiger partial charge in [-0.2, -0.15) is 0 Å². The molecule has 1 rings (SSSR count). The first kappa shape index (κ1) is 8.71. The number of hydrogen-bond acceptors (Lipinski definition) is 3. The summed E-state index contributed by atoms with van der Waals surface area (Å²) in [5.74, 6) is 0. The van der Waals surface area contributed by atoms with Crippen LogP contribution >= 0.6 is 11.3 Å². The third kappa shape index (κ3) is 2.02. The molecule has 1 heterocycles. The number of hydrogen-bond donors (Lipinski definition) is 2. The lowest BCUT2D eigenvalue weighted by Gasteiger charge is -2.19. The molecule has 0 unspecified atom stereocenters. The van der Waals surface area contributed by atoms with E-state index >= 15 is 0 Å². The first-order valence-electron chi connectivity index (χ1n) is 3.54. The van der Waals surface area contributed by atoms with Crippen molar-refractivity contribution >= 4 is 11.3 Å². The van der Waals surface area contributed by atoms with Crippen LogP contribution in [0.3, 0.4) is 0 Å². The van der Waals surface area contributed by atoms with Crippen LogP contribution in [0.2, 0.25) is 0 Å². The second-order valence-electron chi connectivity index (χ2n) is 2.72. The van der Waals surface area contributed by atoms with Gasteiger partial charge in [-0.3, -0.25) is 0 Å². The van der Waals surface area contributed by atoms with Crippen LogP contribution in [0.25, 0.3) is 0 Å². The third-order valence-corrected chi connectivity index (χ3v) is 2.77. The number of rotatable bonds is 3. The largest absolute Gasteiger partial charge is 0.396 e. The molecular formula is C8H12O2S. The van der Waals surface area contributed by atoms with E-state index in [-0.39, 0.29) is 6.61 Å². The van der Waals surface area contributed by atoms with Crippen LogP contribution in [0.5, 0.6) is 0 Å². The molecule has 0 fully saturated rings. The molecule has 0 aromatic carbocycles. The Hall–Kier alpha value is -0.380. The summed E-state index contributed by atoms with van der Waals surface area (Å²) in [6.07, 6.45) is 0.396. The van der Waals surface area contributed by atoms with Gasteiger partial charge in [0, 0.05) is 17.9 Å². The molecule has 1 atom stereocenters. The molecule has 0 saturated carbocycles. The zero-order chi connectivity index (χ0) is 8.32. The Bertz CT molecular complexity index is 204. The van der Waals surface area contributed by atoms with Crippen molar-refractivity contribution in [3.8, 4) is 0 Å². The normalized spacial score (nSPS) is 16.3. The molecule has 0 aliphatic carbocycles. The van der Waals surface area contributed by atoms with Gasteiger partial charge in [0.2, 0.25) is 0 Å². The van der Waals surface area contributed by atoms with Crippen molar-refractivity contribution in [2.45, 2.75) is 18.9 Å². The van der Waals surface area contributed by atoms with Crippen LogP contribution in [-0.2, 0) is 5.60 Å². The maximum atomic E-state index is 9.73. The minimum absolute atomic E-state index is 0.0187. The summed E-state index contributed by atoms with van der Waals surface area (Å²) in [5, 5.41) is 20.3. The first-order chi connectivity index (χ1) is 5.17. The van der Waals surface area contributed by atoms with Crippen molar-refractivity contribution in [2.75, 3.05) is 6.61 Å². The molecule has 62 valence electrons. The summed E-state index contributed by atoms with van der Waals surface area (Å²) in [4.78, 5) is 0.909. The van der Waals surface area contributed by atoms with Crippen molar-refractivity contribution in [3.63, 3.8) is 0 Å². The highest BCUT2D eigenvalue weighted by molar-refractivity contribution is 7.10. The van der Waals surface area contributed by atoms with Crippen molar-refractivity contribution in [3.05, 3.63) is 22.4 Å². The second kappa shape index (κ2) is 3.34. The van der Waals surface area contributed by atoms with Crippen molar-refractivity contribution in [1.82, 2.24) is 0 Å². The van der Waals surface area contributed by atoms with Gasteiger partial charge in [0.15, 0.2) is 0 Å². The Morgan fingerprint density at radius 2 is 2.36 bits per heavy atom. The van der Waals surface area contributed by atoms with E-state index in [2.05, 4.69) is 0 Å². The van der Waals surface area contributed by atoms with E-state index in [0.29, 0.717) is 6.42 Å². The number of aliphatic hydroxyl groups excluding tert-OH is 1. The third-order valence-electron chi connectivity index (χ3n) is 1.65. The van der Waals surface area contributed by atoms with Crippen LogP contribution in [0.15, 0.2) is 17.5 Å². The smallest absolute Gasteiger partial charge is 0.0981 e. The van der Waals surface area contributed by atoms with Gasteiger partial charge in [0.25, 0.3) is 0 Å². The van der Waals surface area contributed by atoms with E-state index in [0.717, 1.165) is 4.88 Å². The molecule has 0 aliphatic heterocycles. The monoisotopic (exact) mass is 172 g/mol. The highest BCUT2D eigenvalue weighted by Gasteiger charge is 2.22. The Kier molecular flexibility index (Phi) is 2.65. The maximum Gasteiger partial charge on any atom is 0.0981 e. The lowest BCUT2D eigenvalue weighted by Crippen LogP contribution is -2.20. The maximum absolute atomic E-state index is 9.73. The van der Waals surface area contributed by atoms with Crippen molar-refractivity contribution in [2.24, 2.45) is 0 Å². The molecule has 11 heavy (non-hydrogen) atoms. The fourth-order valence-corrected chi connectivity index (χ4v) is 1.74. The SMILES string of the molecule is C[C@](O)(CCO)c1cccs1. The Labute approximate surface area is 70.1 Å². The van der Waals surface area contributed by atoms with E-state index in [4.69, 9.17) is 5.11 Å². The molecule has 0 saturated heterocycles. The van der Waals surface area contributed by atoms with Gasteiger partial charge in [-0.1, -0.05) is 6.07 Å². The van der Waals surface area contributed by atoms with E-state index in [1.165, 1.54) is 11.3 Å². The van der Waals surface area contributed by atoms with Gasteiger partial charge in [-0.05, 0) is 18.4 Å². The van der Waals surface area contributed by atoms with E-state index in [1.54, 1.807) is 6.92 Å². The molecule has 1 aromatic heterocycles. The summed E-state index contributed by atoms with van der Waals surface area (Å²) in [6, 6.07) is 3.77. The van der Waals surface area contributed by atoms with Gasteiger partial charge in [0.1, 0.15) is 0 Å². The highest BCUT2D eigenvalue weighted by Crippen LogP contribution is 2.27.